The van der Waals surface area contributed by atoms with E-state index in [0.717, 1.165) is 11.8 Å². The summed E-state index contributed by atoms with van der Waals surface area (Å²) in [5.74, 6) is 2.95. The Hall–Kier alpha value is -0.980. The van der Waals surface area contributed by atoms with Crippen molar-refractivity contribution in [3.05, 3.63) is 29.8 Å². The fraction of sp³-hybridized carbons (Fsp3) is 0.667. The van der Waals surface area contributed by atoms with Gasteiger partial charge >= 0.3 is 0 Å². The summed E-state index contributed by atoms with van der Waals surface area (Å²) < 4.78 is 0. The maximum absolute atomic E-state index is 9.74. The molecule has 2 unspecified atom stereocenters. The van der Waals surface area contributed by atoms with Crippen LogP contribution in [0.5, 0.6) is 5.75 Å². The minimum Gasteiger partial charge on any atom is -0.508 e. The van der Waals surface area contributed by atoms with Crippen molar-refractivity contribution in [1.29, 1.82) is 0 Å². The lowest BCUT2D eigenvalue weighted by Crippen LogP contribution is -2.27. The molecular weight excluding hydrogens is 232 g/mol. The van der Waals surface area contributed by atoms with Gasteiger partial charge in [0.2, 0.25) is 0 Å². The minimum absolute atomic E-state index is 0.436. The largest absolute Gasteiger partial charge is 0.508 e. The van der Waals surface area contributed by atoms with Crippen LogP contribution in [0.3, 0.4) is 0 Å². The summed E-state index contributed by atoms with van der Waals surface area (Å²) in [6.45, 7) is 0. The first-order valence-electron chi connectivity index (χ1n) is 8.13. The summed E-state index contributed by atoms with van der Waals surface area (Å²) in [6.07, 6.45) is 12.7. The zero-order valence-electron chi connectivity index (χ0n) is 11.9. The summed E-state index contributed by atoms with van der Waals surface area (Å²) in [5, 5.41) is 9.74. The Morgan fingerprint density at radius 1 is 0.842 bits per heavy atom. The van der Waals surface area contributed by atoms with Crippen molar-refractivity contribution < 1.29 is 5.11 Å². The summed E-state index contributed by atoms with van der Waals surface area (Å²) in [7, 11) is 0. The topological polar surface area (TPSA) is 20.2 Å². The predicted molar refractivity (Wildman–Crippen MR) is 79.4 cm³/mol. The van der Waals surface area contributed by atoms with Gasteiger partial charge in [-0.2, -0.15) is 0 Å². The molecule has 0 heterocycles. The lowest BCUT2D eigenvalue weighted by Gasteiger charge is -2.39. The van der Waals surface area contributed by atoms with E-state index < -0.39 is 0 Å². The van der Waals surface area contributed by atoms with Gasteiger partial charge in [-0.25, -0.2) is 0 Å². The highest BCUT2D eigenvalue weighted by atomic mass is 16.3. The van der Waals surface area contributed by atoms with Gasteiger partial charge in [-0.1, -0.05) is 57.1 Å². The van der Waals surface area contributed by atoms with Crippen LogP contribution in [0.4, 0.5) is 0 Å². The van der Waals surface area contributed by atoms with Crippen molar-refractivity contribution in [2.24, 2.45) is 11.8 Å². The SMILES string of the molecule is Oc1cccc(C2CCCCC2C2CCCCC2)c1. The third kappa shape index (κ3) is 2.96. The molecule has 1 nitrogen and oxygen atoms in total. The molecule has 0 aliphatic heterocycles. The second kappa shape index (κ2) is 5.98. The molecule has 1 heteroatoms. The lowest BCUT2D eigenvalue weighted by atomic mass is 9.66. The van der Waals surface area contributed by atoms with E-state index in [4.69, 9.17) is 0 Å². The molecule has 0 aromatic heterocycles. The van der Waals surface area contributed by atoms with Gasteiger partial charge in [0.05, 0.1) is 0 Å². The number of rotatable bonds is 2. The smallest absolute Gasteiger partial charge is 0.115 e. The zero-order chi connectivity index (χ0) is 13.1. The molecule has 1 N–H and O–H groups in total. The van der Waals surface area contributed by atoms with Crippen molar-refractivity contribution in [2.45, 2.75) is 63.7 Å². The normalized spacial score (nSPS) is 29.3. The molecule has 2 saturated carbocycles. The van der Waals surface area contributed by atoms with Gasteiger partial charge in [-0.3, -0.25) is 0 Å². The standard InChI is InChI=1S/C18H26O/c19-16-10-6-9-15(13-16)18-12-5-4-11-17(18)14-7-2-1-3-8-14/h6,9-10,13-14,17-19H,1-5,7-8,11-12H2. The molecule has 1 aromatic carbocycles. The monoisotopic (exact) mass is 258 g/mol. The van der Waals surface area contributed by atoms with Crippen molar-refractivity contribution >= 4 is 0 Å². The Balaban J connectivity index is 1.80. The average Bonchev–Trinajstić information content (AvgIpc) is 2.48. The van der Waals surface area contributed by atoms with Crippen molar-refractivity contribution in [2.75, 3.05) is 0 Å². The maximum Gasteiger partial charge on any atom is 0.115 e. The number of phenols is 1. The van der Waals surface area contributed by atoms with E-state index in [9.17, 15) is 5.11 Å². The summed E-state index contributed by atoms with van der Waals surface area (Å²) in [4.78, 5) is 0. The van der Waals surface area contributed by atoms with Crippen molar-refractivity contribution in [3.63, 3.8) is 0 Å². The molecule has 2 fully saturated rings. The van der Waals surface area contributed by atoms with Crippen LogP contribution in [0.15, 0.2) is 24.3 Å². The molecule has 1 aromatic rings. The molecule has 2 aliphatic rings. The minimum atomic E-state index is 0.436. The van der Waals surface area contributed by atoms with E-state index in [1.54, 1.807) is 6.07 Å². The van der Waals surface area contributed by atoms with E-state index in [2.05, 4.69) is 6.07 Å². The van der Waals surface area contributed by atoms with Gasteiger partial charge in [0.15, 0.2) is 0 Å². The van der Waals surface area contributed by atoms with Crippen LogP contribution < -0.4 is 0 Å². The van der Waals surface area contributed by atoms with Crippen molar-refractivity contribution in [3.8, 4) is 5.75 Å². The predicted octanol–water partition coefficient (Wildman–Crippen LogP) is 5.25. The van der Waals surface area contributed by atoms with Crippen LogP contribution in [0.1, 0.15) is 69.3 Å². The third-order valence-corrected chi connectivity index (χ3v) is 5.37. The van der Waals surface area contributed by atoms with Crippen LogP contribution in [0, 0.1) is 11.8 Å². The Morgan fingerprint density at radius 3 is 2.37 bits per heavy atom. The van der Waals surface area contributed by atoms with E-state index in [-0.39, 0.29) is 0 Å². The third-order valence-electron chi connectivity index (χ3n) is 5.37. The molecule has 2 atom stereocenters. The van der Waals surface area contributed by atoms with E-state index in [1.165, 1.54) is 63.4 Å². The first-order chi connectivity index (χ1) is 9.34. The first kappa shape index (κ1) is 13.0. The Kier molecular flexibility index (Phi) is 4.10. The van der Waals surface area contributed by atoms with Crippen LogP contribution in [-0.2, 0) is 0 Å². The number of phenolic OH excluding ortho intramolecular Hbond substituents is 1. The number of aromatic hydroxyl groups is 1. The van der Waals surface area contributed by atoms with Gasteiger partial charge in [-0.15, -0.1) is 0 Å². The highest BCUT2D eigenvalue weighted by molar-refractivity contribution is 5.30. The van der Waals surface area contributed by atoms with Crippen LogP contribution in [0.25, 0.3) is 0 Å². The summed E-state index contributed by atoms with van der Waals surface area (Å²) in [5.41, 5.74) is 1.38. The quantitative estimate of drug-likeness (QED) is 0.768. The second-order valence-corrected chi connectivity index (χ2v) is 6.55. The van der Waals surface area contributed by atoms with Crippen LogP contribution in [0.2, 0.25) is 0 Å². The molecule has 19 heavy (non-hydrogen) atoms. The summed E-state index contributed by atoms with van der Waals surface area (Å²) >= 11 is 0. The highest BCUT2D eigenvalue weighted by Gasteiger charge is 2.33. The van der Waals surface area contributed by atoms with Gasteiger partial charge < -0.3 is 5.11 Å². The maximum atomic E-state index is 9.74. The van der Waals surface area contributed by atoms with E-state index >= 15 is 0 Å². The fourth-order valence-electron chi connectivity index (χ4n) is 4.46. The molecule has 104 valence electrons. The fourth-order valence-corrected chi connectivity index (χ4v) is 4.46. The zero-order valence-corrected chi connectivity index (χ0v) is 11.9. The molecule has 0 amide bonds. The lowest BCUT2D eigenvalue weighted by molar-refractivity contribution is 0.169. The Morgan fingerprint density at radius 2 is 1.58 bits per heavy atom. The highest BCUT2D eigenvalue weighted by Crippen LogP contribution is 2.46. The van der Waals surface area contributed by atoms with E-state index in [1.807, 2.05) is 12.1 Å². The van der Waals surface area contributed by atoms with Gasteiger partial charge in [0.1, 0.15) is 5.75 Å². The molecule has 0 saturated heterocycles. The Labute approximate surface area is 117 Å². The van der Waals surface area contributed by atoms with Gasteiger partial charge in [0, 0.05) is 0 Å². The molecule has 2 aliphatic carbocycles. The number of hydrogen-bond acceptors (Lipinski definition) is 1. The molecule has 0 bridgehead atoms. The Bertz CT molecular complexity index is 406. The summed E-state index contributed by atoms with van der Waals surface area (Å²) in [6, 6.07) is 8.04. The number of benzene rings is 1. The average molecular weight is 258 g/mol. The molecule has 0 spiro atoms. The number of hydrogen-bond donors (Lipinski definition) is 1. The van der Waals surface area contributed by atoms with Gasteiger partial charge in [-0.05, 0) is 48.3 Å². The van der Waals surface area contributed by atoms with E-state index in [0.29, 0.717) is 11.7 Å². The van der Waals surface area contributed by atoms with Crippen molar-refractivity contribution in [1.82, 2.24) is 0 Å². The molecular formula is C18H26O. The molecule has 3 rings (SSSR count). The van der Waals surface area contributed by atoms with Gasteiger partial charge in [0.25, 0.3) is 0 Å². The van der Waals surface area contributed by atoms with Crippen LogP contribution >= 0.6 is 0 Å². The first-order valence-corrected chi connectivity index (χ1v) is 8.13. The van der Waals surface area contributed by atoms with Crippen LogP contribution in [-0.4, -0.2) is 5.11 Å². The molecule has 0 radical (unpaired) electrons. The second-order valence-electron chi connectivity index (χ2n) is 6.55.